The second-order valence-electron chi connectivity index (χ2n) is 4.22. The molecule has 2 rings (SSSR count). The molecule has 1 aromatic carbocycles. The summed E-state index contributed by atoms with van der Waals surface area (Å²) in [5.74, 6) is 0.775. The summed E-state index contributed by atoms with van der Waals surface area (Å²) in [7, 11) is 0. The van der Waals surface area contributed by atoms with Crippen LogP contribution in [0.2, 0.25) is 0 Å². The Kier molecular flexibility index (Phi) is 5.03. The van der Waals surface area contributed by atoms with Crippen molar-refractivity contribution in [2.45, 2.75) is 11.8 Å². The molecule has 4 nitrogen and oxygen atoms in total. The molecule has 0 atom stereocenters. The number of hydrogen-bond acceptors (Lipinski definition) is 4. The van der Waals surface area contributed by atoms with Crippen molar-refractivity contribution in [1.29, 1.82) is 0 Å². The van der Waals surface area contributed by atoms with Gasteiger partial charge in [-0.3, -0.25) is 4.79 Å². The molecule has 1 aromatic heterocycles. The summed E-state index contributed by atoms with van der Waals surface area (Å²) in [5.41, 5.74) is 7.56. The number of halogens is 1. The zero-order valence-corrected chi connectivity index (χ0v) is 13.3. The lowest BCUT2D eigenvalue weighted by Crippen LogP contribution is -2.14. The summed E-state index contributed by atoms with van der Waals surface area (Å²) in [6.07, 6.45) is 1.64. The van der Waals surface area contributed by atoms with Crippen LogP contribution in [-0.2, 0) is 4.79 Å². The molecule has 0 spiro atoms. The number of aromatic nitrogens is 1. The number of nitrogens with zero attached hydrogens (tertiary/aromatic N) is 1. The van der Waals surface area contributed by atoms with Gasteiger partial charge in [-0.05, 0) is 52.7 Å². The number of carbonyl (C=O) groups excluding carboxylic acids is 1. The first-order valence-corrected chi connectivity index (χ1v) is 7.73. The summed E-state index contributed by atoms with van der Waals surface area (Å²) >= 11 is 4.76. The lowest BCUT2D eigenvalue weighted by molar-refractivity contribution is -0.113. The van der Waals surface area contributed by atoms with Crippen molar-refractivity contribution in [2.24, 2.45) is 0 Å². The second-order valence-corrected chi connectivity index (χ2v) is 6.16. The van der Waals surface area contributed by atoms with E-state index in [0.29, 0.717) is 17.3 Å². The number of pyridine rings is 1. The predicted molar refractivity (Wildman–Crippen MR) is 86.9 cm³/mol. The van der Waals surface area contributed by atoms with E-state index < -0.39 is 0 Å². The first-order valence-electron chi connectivity index (χ1n) is 5.95. The summed E-state index contributed by atoms with van der Waals surface area (Å²) in [4.78, 5) is 17.0. The highest BCUT2D eigenvalue weighted by Gasteiger charge is 2.06. The van der Waals surface area contributed by atoms with E-state index in [1.54, 1.807) is 12.3 Å². The first-order chi connectivity index (χ1) is 9.54. The zero-order chi connectivity index (χ0) is 14.5. The van der Waals surface area contributed by atoms with Gasteiger partial charge in [0.1, 0.15) is 5.82 Å². The van der Waals surface area contributed by atoms with E-state index in [1.165, 1.54) is 11.8 Å². The number of carbonyl (C=O) groups is 1. The number of thioether (sulfide) groups is 1. The van der Waals surface area contributed by atoms with E-state index in [2.05, 4.69) is 26.2 Å². The van der Waals surface area contributed by atoms with Crippen molar-refractivity contribution in [3.05, 3.63) is 46.6 Å². The number of nitrogen functional groups attached to an aromatic ring is 1. The van der Waals surface area contributed by atoms with E-state index >= 15 is 0 Å². The molecule has 0 saturated carbocycles. The maximum atomic E-state index is 11.9. The van der Waals surface area contributed by atoms with Crippen molar-refractivity contribution in [1.82, 2.24) is 4.98 Å². The van der Waals surface area contributed by atoms with E-state index in [9.17, 15) is 4.79 Å². The number of amides is 1. The number of hydrogen-bond donors (Lipinski definition) is 2. The van der Waals surface area contributed by atoms with E-state index in [-0.39, 0.29) is 5.91 Å². The van der Waals surface area contributed by atoms with E-state index in [0.717, 1.165) is 14.9 Å². The van der Waals surface area contributed by atoms with Crippen LogP contribution < -0.4 is 11.1 Å². The van der Waals surface area contributed by atoms with Crippen LogP contribution in [0.3, 0.4) is 0 Å². The van der Waals surface area contributed by atoms with Gasteiger partial charge in [0.25, 0.3) is 0 Å². The lowest BCUT2D eigenvalue weighted by Gasteiger charge is -2.07. The quantitative estimate of drug-likeness (QED) is 0.653. The van der Waals surface area contributed by atoms with Gasteiger partial charge < -0.3 is 11.1 Å². The first kappa shape index (κ1) is 14.9. The number of nitrogens with one attached hydrogen (secondary N) is 1. The van der Waals surface area contributed by atoms with Gasteiger partial charge in [-0.2, -0.15) is 0 Å². The average Bonchev–Trinajstić information content (AvgIpc) is 2.42. The Morgan fingerprint density at radius 3 is 2.90 bits per heavy atom. The SMILES string of the molecule is Cc1ccc(N)cc1SCC(=O)Nc1ccc(Br)cn1. The number of anilines is 2. The smallest absolute Gasteiger partial charge is 0.235 e. The maximum absolute atomic E-state index is 11.9. The molecular weight excluding hydrogens is 338 g/mol. The van der Waals surface area contributed by atoms with Crippen LogP contribution in [0.15, 0.2) is 45.9 Å². The van der Waals surface area contributed by atoms with Crippen molar-refractivity contribution >= 4 is 45.1 Å². The Balaban J connectivity index is 1.92. The third-order valence-corrected chi connectivity index (χ3v) is 4.19. The average molecular weight is 352 g/mol. The van der Waals surface area contributed by atoms with Crippen LogP contribution in [0.5, 0.6) is 0 Å². The fourth-order valence-corrected chi connectivity index (χ4v) is 2.65. The molecule has 0 bridgehead atoms. The monoisotopic (exact) mass is 351 g/mol. The van der Waals surface area contributed by atoms with Crippen molar-refractivity contribution in [2.75, 3.05) is 16.8 Å². The Hall–Kier alpha value is -1.53. The predicted octanol–water partition coefficient (Wildman–Crippen LogP) is 3.47. The number of rotatable bonds is 4. The minimum Gasteiger partial charge on any atom is -0.399 e. The third kappa shape index (κ3) is 4.25. The molecule has 2 aromatic rings. The van der Waals surface area contributed by atoms with Crippen LogP contribution in [0.25, 0.3) is 0 Å². The minimum absolute atomic E-state index is 0.0911. The molecule has 0 saturated heterocycles. The molecule has 3 N–H and O–H groups in total. The van der Waals surface area contributed by atoms with Crippen molar-refractivity contribution < 1.29 is 4.79 Å². The third-order valence-electron chi connectivity index (χ3n) is 2.57. The summed E-state index contributed by atoms with van der Waals surface area (Å²) in [6.45, 7) is 2.00. The van der Waals surface area contributed by atoms with Crippen LogP contribution in [0.4, 0.5) is 11.5 Å². The lowest BCUT2D eigenvalue weighted by atomic mass is 10.2. The number of aryl methyl sites for hydroxylation is 1. The summed E-state index contributed by atoms with van der Waals surface area (Å²) in [6, 6.07) is 9.26. The Labute approximate surface area is 130 Å². The van der Waals surface area contributed by atoms with Gasteiger partial charge >= 0.3 is 0 Å². The van der Waals surface area contributed by atoms with Gasteiger partial charge in [-0.1, -0.05) is 6.07 Å². The normalized spacial score (nSPS) is 10.3. The summed E-state index contributed by atoms with van der Waals surface area (Å²) < 4.78 is 0.875. The minimum atomic E-state index is -0.0911. The Morgan fingerprint density at radius 2 is 2.20 bits per heavy atom. The zero-order valence-electron chi connectivity index (χ0n) is 10.9. The van der Waals surface area contributed by atoms with Gasteiger partial charge in [0.05, 0.1) is 5.75 Å². The van der Waals surface area contributed by atoms with E-state index in [1.807, 2.05) is 31.2 Å². The van der Waals surface area contributed by atoms with Gasteiger partial charge in [-0.25, -0.2) is 4.98 Å². The van der Waals surface area contributed by atoms with Crippen LogP contribution in [0, 0.1) is 6.92 Å². The van der Waals surface area contributed by atoms with Crippen molar-refractivity contribution in [3.63, 3.8) is 0 Å². The molecule has 0 aliphatic rings. The highest BCUT2D eigenvalue weighted by molar-refractivity contribution is 9.10. The van der Waals surface area contributed by atoms with Crippen LogP contribution in [-0.4, -0.2) is 16.6 Å². The molecule has 6 heteroatoms. The Bertz CT molecular complexity index is 616. The fourth-order valence-electron chi connectivity index (χ4n) is 1.54. The molecular formula is C14H14BrN3OS. The maximum Gasteiger partial charge on any atom is 0.235 e. The highest BCUT2D eigenvalue weighted by atomic mass is 79.9. The van der Waals surface area contributed by atoms with Gasteiger partial charge in [0.15, 0.2) is 0 Å². The highest BCUT2D eigenvalue weighted by Crippen LogP contribution is 2.24. The molecule has 0 unspecified atom stereocenters. The van der Waals surface area contributed by atoms with Crippen LogP contribution in [0.1, 0.15) is 5.56 Å². The van der Waals surface area contributed by atoms with Crippen LogP contribution >= 0.6 is 27.7 Å². The van der Waals surface area contributed by atoms with Gasteiger partial charge in [-0.15, -0.1) is 11.8 Å². The molecule has 104 valence electrons. The molecule has 0 aliphatic heterocycles. The van der Waals surface area contributed by atoms with E-state index in [4.69, 9.17) is 5.73 Å². The largest absolute Gasteiger partial charge is 0.399 e. The second kappa shape index (κ2) is 6.76. The molecule has 1 heterocycles. The molecule has 1 amide bonds. The molecule has 20 heavy (non-hydrogen) atoms. The fraction of sp³-hybridized carbons (Fsp3) is 0.143. The van der Waals surface area contributed by atoms with Gasteiger partial charge in [0, 0.05) is 21.3 Å². The van der Waals surface area contributed by atoms with Gasteiger partial charge in [0.2, 0.25) is 5.91 Å². The molecule has 0 aliphatic carbocycles. The number of benzene rings is 1. The number of nitrogens with two attached hydrogens (primary N) is 1. The summed E-state index contributed by atoms with van der Waals surface area (Å²) in [5, 5.41) is 2.75. The topological polar surface area (TPSA) is 68.0 Å². The standard InChI is InChI=1S/C14H14BrN3OS/c1-9-2-4-11(16)6-12(9)20-8-14(19)18-13-5-3-10(15)7-17-13/h2-7H,8,16H2,1H3,(H,17,18,19). The molecule has 0 fully saturated rings. The molecule has 0 radical (unpaired) electrons. The Morgan fingerprint density at radius 1 is 1.40 bits per heavy atom. The van der Waals surface area contributed by atoms with Crippen molar-refractivity contribution in [3.8, 4) is 0 Å².